The van der Waals surface area contributed by atoms with E-state index in [1.165, 1.54) is 12.2 Å². The third-order valence-electron chi connectivity index (χ3n) is 0.977. The van der Waals surface area contributed by atoms with Gasteiger partial charge in [-0.3, -0.25) is 0 Å². The summed E-state index contributed by atoms with van der Waals surface area (Å²) < 4.78 is 4.57. The number of carbonyl (C=O) groups excluding carboxylic acids is 1. The van der Waals surface area contributed by atoms with Crippen molar-refractivity contribution in [2.45, 2.75) is 13.0 Å². The molecule has 0 radical (unpaired) electrons. The summed E-state index contributed by atoms with van der Waals surface area (Å²) in [6.45, 7) is 1.89. The van der Waals surface area contributed by atoms with Gasteiger partial charge in [-0.1, -0.05) is 6.08 Å². The van der Waals surface area contributed by atoms with E-state index in [4.69, 9.17) is 10.8 Å². The SMILES string of the molecule is CCOC(=O)/C=C/[C@@H](N)CO. The molecule has 4 nitrogen and oxygen atoms in total. The van der Waals surface area contributed by atoms with Crippen LogP contribution < -0.4 is 5.73 Å². The predicted molar refractivity (Wildman–Crippen MR) is 40.8 cm³/mol. The minimum Gasteiger partial charge on any atom is -0.463 e. The van der Waals surface area contributed by atoms with Gasteiger partial charge >= 0.3 is 5.97 Å². The Morgan fingerprint density at radius 2 is 2.45 bits per heavy atom. The Morgan fingerprint density at radius 3 is 2.91 bits per heavy atom. The average molecular weight is 159 g/mol. The van der Waals surface area contributed by atoms with E-state index in [0.29, 0.717) is 6.61 Å². The molecule has 0 aliphatic carbocycles. The fraction of sp³-hybridized carbons (Fsp3) is 0.571. The summed E-state index contributed by atoms with van der Waals surface area (Å²) in [7, 11) is 0. The van der Waals surface area contributed by atoms with E-state index in [1.807, 2.05) is 0 Å². The third-order valence-corrected chi connectivity index (χ3v) is 0.977. The zero-order valence-electron chi connectivity index (χ0n) is 6.49. The molecule has 0 aliphatic heterocycles. The van der Waals surface area contributed by atoms with Crippen molar-refractivity contribution in [3.05, 3.63) is 12.2 Å². The van der Waals surface area contributed by atoms with Crippen LogP contribution in [0.2, 0.25) is 0 Å². The molecule has 0 bridgehead atoms. The first-order valence-corrected chi connectivity index (χ1v) is 3.42. The third kappa shape index (κ3) is 5.57. The van der Waals surface area contributed by atoms with Crippen molar-refractivity contribution in [3.63, 3.8) is 0 Å². The maximum absolute atomic E-state index is 10.6. The van der Waals surface area contributed by atoms with E-state index in [0.717, 1.165) is 0 Å². The normalized spacial score (nSPS) is 13.4. The summed E-state index contributed by atoms with van der Waals surface area (Å²) in [6, 6.07) is -0.487. The summed E-state index contributed by atoms with van der Waals surface area (Å²) >= 11 is 0. The molecule has 0 amide bonds. The standard InChI is InChI=1S/C7H13NO3/c1-2-11-7(10)4-3-6(8)5-9/h3-4,6,9H,2,5,8H2,1H3/b4-3+/t6-/m1/s1. The number of hydrogen-bond acceptors (Lipinski definition) is 4. The molecule has 0 aromatic rings. The molecule has 4 heteroatoms. The fourth-order valence-corrected chi connectivity index (χ4v) is 0.453. The lowest BCUT2D eigenvalue weighted by molar-refractivity contribution is -0.137. The first kappa shape index (κ1) is 10.1. The van der Waals surface area contributed by atoms with Gasteiger partial charge in [0, 0.05) is 12.1 Å². The maximum atomic E-state index is 10.6. The first-order chi connectivity index (χ1) is 5.20. The van der Waals surface area contributed by atoms with E-state index < -0.39 is 12.0 Å². The van der Waals surface area contributed by atoms with Gasteiger partial charge in [-0.05, 0) is 6.92 Å². The van der Waals surface area contributed by atoms with Crippen LogP contribution in [-0.4, -0.2) is 30.3 Å². The first-order valence-electron chi connectivity index (χ1n) is 3.42. The number of hydrogen-bond donors (Lipinski definition) is 2. The molecule has 0 spiro atoms. The van der Waals surface area contributed by atoms with Crippen molar-refractivity contribution in [2.75, 3.05) is 13.2 Å². The number of rotatable bonds is 4. The molecule has 1 atom stereocenters. The van der Waals surface area contributed by atoms with Gasteiger partial charge in [-0.25, -0.2) is 4.79 Å². The number of esters is 1. The fourth-order valence-electron chi connectivity index (χ4n) is 0.453. The summed E-state index contributed by atoms with van der Waals surface area (Å²) in [5, 5.41) is 8.45. The van der Waals surface area contributed by atoms with Crippen molar-refractivity contribution in [3.8, 4) is 0 Å². The quantitative estimate of drug-likeness (QED) is 0.425. The molecule has 3 N–H and O–H groups in total. The van der Waals surface area contributed by atoms with Gasteiger partial charge in [0.05, 0.1) is 13.2 Å². The van der Waals surface area contributed by atoms with Gasteiger partial charge in [-0.15, -0.1) is 0 Å². The van der Waals surface area contributed by atoms with Gasteiger partial charge in [0.25, 0.3) is 0 Å². The molecule has 0 aliphatic rings. The van der Waals surface area contributed by atoms with Gasteiger partial charge in [0.15, 0.2) is 0 Å². The molecule has 0 heterocycles. The van der Waals surface area contributed by atoms with E-state index in [2.05, 4.69) is 4.74 Å². The number of carbonyl (C=O) groups is 1. The van der Waals surface area contributed by atoms with Crippen molar-refractivity contribution >= 4 is 5.97 Å². The molecule has 0 fully saturated rings. The van der Waals surface area contributed by atoms with Crippen LogP contribution in [0.1, 0.15) is 6.92 Å². The smallest absolute Gasteiger partial charge is 0.330 e. The van der Waals surface area contributed by atoms with Crippen LogP contribution in [0.15, 0.2) is 12.2 Å². The number of aliphatic hydroxyl groups is 1. The Morgan fingerprint density at radius 1 is 1.82 bits per heavy atom. The Labute approximate surface area is 65.6 Å². The number of aliphatic hydroxyl groups excluding tert-OH is 1. The lowest BCUT2D eigenvalue weighted by atomic mass is 10.3. The number of ether oxygens (including phenoxy) is 1. The Hall–Kier alpha value is -0.870. The van der Waals surface area contributed by atoms with Gasteiger partial charge < -0.3 is 15.6 Å². The monoisotopic (exact) mass is 159 g/mol. The molecular weight excluding hydrogens is 146 g/mol. The predicted octanol–water partition coefficient (Wildman–Crippen LogP) is -0.575. The molecule has 64 valence electrons. The summed E-state index contributed by atoms with van der Waals surface area (Å²) in [4.78, 5) is 10.6. The second kappa shape index (κ2) is 5.88. The molecule has 0 aromatic heterocycles. The number of nitrogens with two attached hydrogens (primary N) is 1. The van der Waals surface area contributed by atoms with Crippen LogP contribution in [0.5, 0.6) is 0 Å². The van der Waals surface area contributed by atoms with Crippen LogP contribution in [-0.2, 0) is 9.53 Å². The van der Waals surface area contributed by atoms with Crippen LogP contribution in [0.4, 0.5) is 0 Å². The molecule has 0 unspecified atom stereocenters. The topological polar surface area (TPSA) is 72.5 Å². The van der Waals surface area contributed by atoms with Crippen LogP contribution in [0.25, 0.3) is 0 Å². The minimum atomic E-state index is -0.487. The maximum Gasteiger partial charge on any atom is 0.330 e. The second-order valence-corrected chi connectivity index (χ2v) is 1.96. The lowest BCUT2D eigenvalue weighted by Crippen LogP contribution is -2.21. The second-order valence-electron chi connectivity index (χ2n) is 1.96. The van der Waals surface area contributed by atoms with Gasteiger partial charge in [0.2, 0.25) is 0 Å². The van der Waals surface area contributed by atoms with Crippen LogP contribution in [0.3, 0.4) is 0 Å². The molecule has 0 rings (SSSR count). The van der Waals surface area contributed by atoms with Gasteiger partial charge in [-0.2, -0.15) is 0 Å². The summed E-state index contributed by atoms with van der Waals surface area (Å²) in [6.07, 6.45) is 2.61. The van der Waals surface area contributed by atoms with Crippen molar-refractivity contribution in [1.82, 2.24) is 0 Å². The molecule has 11 heavy (non-hydrogen) atoms. The minimum absolute atomic E-state index is 0.171. The van der Waals surface area contributed by atoms with E-state index >= 15 is 0 Å². The largest absolute Gasteiger partial charge is 0.463 e. The summed E-state index contributed by atoms with van der Waals surface area (Å²) in [5.74, 6) is -0.434. The van der Waals surface area contributed by atoms with E-state index in [-0.39, 0.29) is 6.61 Å². The van der Waals surface area contributed by atoms with Crippen molar-refractivity contribution < 1.29 is 14.6 Å². The van der Waals surface area contributed by atoms with Crippen LogP contribution >= 0.6 is 0 Å². The Kier molecular flexibility index (Phi) is 5.42. The van der Waals surface area contributed by atoms with Gasteiger partial charge in [0.1, 0.15) is 0 Å². The highest BCUT2D eigenvalue weighted by Crippen LogP contribution is 1.84. The molecular formula is C7H13NO3. The highest BCUT2D eigenvalue weighted by Gasteiger charge is 1.96. The Bertz CT molecular complexity index is 145. The molecule has 0 saturated carbocycles. The average Bonchev–Trinajstić information content (AvgIpc) is 2.01. The Balaban J connectivity index is 3.63. The zero-order valence-corrected chi connectivity index (χ0v) is 6.49. The molecule has 0 aromatic carbocycles. The summed E-state index contributed by atoms with van der Waals surface area (Å²) in [5.41, 5.74) is 5.27. The van der Waals surface area contributed by atoms with E-state index in [1.54, 1.807) is 6.92 Å². The zero-order chi connectivity index (χ0) is 8.69. The lowest BCUT2D eigenvalue weighted by Gasteiger charge is -1.99. The van der Waals surface area contributed by atoms with Crippen molar-refractivity contribution in [2.24, 2.45) is 5.73 Å². The van der Waals surface area contributed by atoms with E-state index in [9.17, 15) is 4.79 Å². The van der Waals surface area contributed by atoms with Crippen molar-refractivity contribution in [1.29, 1.82) is 0 Å². The molecule has 0 saturated heterocycles. The highest BCUT2D eigenvalue weighted by molar-refractivity contribution is 5.81. The highest BCUT2D eigenvalue weighted by atomic mass is 16.5. The van der Waals surface area contributed by atoms with Crippen LogP contribution in [0, 0.1) is 0 Å².